The first-order valence-electron chi connectivity index (χ1n) is 6.01. The maximum absolute atomic E-state index is 12.2. The van der Waals surface area contributed by atoms with Gasteiger partial charge in [-0.15, -0.1) is 16.8 Å². The van der Waals surface area contributed by atoms with E-state index in [1.54, 1.807) is 11.0 Å². The Morgan fingerprint density at radius 1 is 1.50 bits per heavy atom. The van der Waals surface area contributed by atoms with E-state index in [2.05, 4.69) is 22.1 Å². The fourth-order valence-electron chi connectivity index (χ4n) is 1.65. The molecule has 5 nitrogen and oxygen atoms in total. The molecule has 1 unspecified atom stereocenters. The van der Waals surface area contributed by atoms with Crippen LogP contribution in [0, 0.1) is 0 Å². The van der Waals surface area contributed by atoms with Gasteiger partial charge in [0, 0.05) is 13.1 Å². The summed E-state index contributed by atoms with van der Waals surface area (Å²) in [4.78, 5) is 13.8. The molecule has 1 atom stereocenters. The highest BCUT2D eigenvalue weighted by molar-refractivity contribution is 8.23. The predicted molar refractivity (Wildman–Crippen MR) is 84.4 cm³/mol. The van der Waals surface area contributed by atoms with Gasteiger partial charge in [-0.05, 0) is 29.5 Å². The normalized spacial score (nSPS) is 17.0. The number of thiocarbonyl (C=S) groups is 1. The Morgan fingerprint density at radius 3 is 2.85 bits per heavy atom. The number of thioether (sulfide) groups is 1. The van der Waals surface area contributed by atoms with E-state index < -0.39 is 5.50 Å². The number of carbonyl (C=O) groups excluding carboxylic acids is 1. The SMILES string of the molecule is C=CCN(C(=O)NCc1ccccc1)C1N=NC(=S)S1. The molecule has 0 fully saturated rings. The molecule has 0 spiro atoms. The van der Waals surface area contributed by atoms with E-state index in [0.29, 0.717) is 17.4 Å². The Bertz CT molecular complexity index is 532. The second-order valence-electron chi connectivity index (χ2n) is 4.01. The highest BCUT2D eigenvalue weighted by Gasteiger charge is 2.27. The van der Waals surface area contributed by atoms with Crippen LogP contribution in [0.4, 0.5) is 4.79 Å². The molecule has 1 aromatic carbocycles. The second-order valence-corrected chi connectivity index (χ2v) is 5.70. The van der Waals surface area contributed by atoms with Gasteiger partial charge in [-0.2, -0.15) is 0 Å². The Morgan fingerprint density at radius 2 is 2.25 bits per heavy atom. The van der Waals surface area contributed by atoms with Crippen molar-refractivity contribution in [3.63, 3.8) is 0 Å². The summed E-state index contributed by atoms with van der Waals surface area (Å²) in [6.45, 7) is 4.51. The van der Waals surface area contributed by atoms with Crippen molar-refractivity contribution in [3.05, 3.63) is 48.6 Å². The molecule has 104 valence electrons. The lowest BCUT2D eigenvalue weighted by Gasteiger charge is -2.24. The average molecular weight is 306 g/mol. The largest absolute Gasteiger partial charge is 0.334 e. The standard InChI is InChI=1S/C13H14N4OS2/c1-2-8-17(12-15-16-13(19)20-12)11(18)14-9-10-6-4-3-5-7-10/h2-7,12H,1,8-9H2,(H,14,18). The number of nitrogens with zero attached hydrogens (tertiary/aromatic N) is 3. The zero-order chi connectivity index (χ0) is 14.4. The summed E-state index contributed by atoms with van der Waals surface area (Å²) in [5.74, 6) is 0. The van der Waals surface area contributed by atoms with Crippen LogP contribution in [-0.4, -0.2) is 27.3 Å². The molecule has 1 heterocycles. The van der Waals surface area contributed by atoms with Crippen molar-refractivity contribution in [1.29, 1.82) is 0 Å². The molecule has 0 saturated carbocycles. The van der Waals surface area contributed by atoms with Crippen molar-refractivity contribution in [2.75, 3.05) is 6.54 Å². The maximum Gasteiger partial charge on any atom is 0.320 e. The zero-order valence-electron chi connectivity index (χ0n) is 10.7. The first kappa shape index (κ1) is 14.7. The van der Waals surface area contributed by atoms with Gasteiger partial charge in [0.2, 0.25) is 0 Å². The number of benzene rings is 1. The lowest BCUT2D eigenvalue weighted by Crippen LogP contribution is -2.43. The summed E-state index contributed by atoms with van der Waals surface area (Å²) in [5, 5.41) is 10.6. The summed E-state index contributed by atoms with van der Waals surface area (Å²) in [6, 6.07) is 9.50. The molecule has 0 aromatic heterocycles. The zero-order valence-corrected chi connectivity index (χ0v) is 12.4. The van der Waals surface area contributed by atoms with Crippen molar-refractivity contribution in [2.24, 2.45) is 10.2 Å². The van der Waals surface area contributed by atoms with Crippen LogP contribution in [0.2, 0.25) is 0 Å². The molecule has 0 aliphatic carbocycles. The topological polar surface area (TPSA) is 57.1 Å². The third kappa shape index (κ3) is 3.88. The first-order valence-corrected chi connectivity index (χ1v) is 7.30. The van der Waals surface area contributed by atoms with Crippen LogP contribution < -0.4 is 5.32 Å². The van der Waals surface area contributed by atoms with Crippen LogP contribution in [0.25, 0.3) is 0 Å². The number of amides is 2. The fourth-order valence-corrected chi connectivity index (χ4v) is 2.63. The van der Waals surface area contributed by atoms with Crippen LogP contribution >= 0.6 is 24.0 Å². The maximum atomic E-state index is 12.2. The summed E-state index contributed by atoms with van der Waals surface area (Å²) >= 11 is 6.22. The summed E-state index contributed by atoms with van der Waals surface area (Å²) in [5.41, 5.74) is 0.631. The molecular weight excluding hydrogens is 292 g/mol. The number of rotatable bonds is 5. The van der Waals surface area contributed by atoms with E-state index >= 15 is 0 Å². The molecule has 1 aliphatic rings. The van der Waals surface area contributed by atoms with Gasteiger partial charge >= 0.3 is 6.03 Å². The third-order valence-electron chi connectivity index (χ3n) is 2.58. The van der Waals surface area contributed by atoms with E-state index in [4.69, 9.17) is 12.2 Å². The number of hydrogen-bond acceptors (Lipinski definition) is 4. The van der Waals surface area contributed by atoms with E-state index in [0.717, 1.165) is 5.56 Å². The van der Waals surface area contributed by atoms with Crippen LogP contribution in [0.5, 0.6) is 0 Å². The highest BCUT2D eigenvalue weighted by atomic mass is 32.2. The van der Waals surface area contributed by atoms with Gasteiger partial charge in [0.1, 0.15) is 0 Å². The van der Waals surface area contributed by atoms with Crippen LogP contribution in [0.15, 0.2) is 53.2 Å². The monoisotopic (exact) mass is 306 g/mol. The molecule has 20 heavy (non-hydrogen) atoms. The van der Waals surface area contributed by atoms with Crippen molar-refractivity contribution < 1.29 is 4.79 Å². The number of nitrogens with one attached hydrogen (secondary N) is 1. The molecule has 2 rings (SSSR count). The molecule has 1 N–H and O–H groups in total. The minimum absolute atomic E-state index is 0.213. The molecule has 0 saturated heterocycles. The van der Waals surface area contributed by atoms with Crippen molar-refractivity contribution >= 4 is 34.3 Å². The molecule has 1 aromatic rings. The Kier molecular flexibility index (Phi) is 5.25. The average Bonchev–Trinajstić information content (AvgIpc) is 2.89. The third-order valence-corrected chi connectivity index (χ3v) is 3.80. The van der Waals surface area contributed by atoms with Crippen LogP contribution in [-0.2, 0) is 6.54 Å². The summed E-state index contributed by atoms with van der Waals surface area (Å²) in [7, 11) is 0. The predicted octanol–water partition coefficient (Wildman–Crippen LogP) is 3.15. The minimum atomic E-state index is -0.406. The first-order chi connectivity index (χ1) is 9.70. The van der Waals surface area contributed by atoms with E-state index in [9.17, 15) is 4.79 Å². The van der Waals surface area contributed by atoms with Gasteiger partial charge in [-0.1, -0.05) is 36.4 Å². The lowest BCUT2D eigenvalue weighted by atomic mass is 10.2. The van der Waals surface area contributed by atoms with Crippen molar-refractivity contribution in [3.8, 4) is 0 Å². The highest BCUT2D eigenvalue weighted by Crippen LogP contribution is 2.26. The summed E-state index contributed by atoms with van der Waals surface area (Å²) < 4.78 is 0.444. The van der Waals surface area contributed by atoms with Crippen LogP contribution in [0.3, 0.4) is 0 Å². The molecular formula is C13H14N4OS2. The van der Waals surface area contributed by atoms with Crippen LogP contribution in [0.1, 0.15) is 5.56 Å². The van der Waals surface area contributed by atoms with E-state index in [1.165, 1.54) is 11.8 Å². The smallest absolute Gasteiger partial charge is 0.320 e. The Labute approximate surface area is 127 Å². The van der Waals surface area contributed by atoms with Gasteiger partial charge in [0.05, 0.1) is 0 Å². The fraction of sp³-hybridized carbons (Fsp3) is 0.231. The van der Waals surface area contributed by atoms with Gasteiger partial charge in [0.25, 0.3) is 0 Å². The molecule has 7 heteroatoms. The number of carbonyl (C=O) groups is 1. The second kappa shape index (κ2) is 7.16. The van der Waals surface area contributed by atoms with E-state index in [1.807, 2.05) is 30.3 Å². The molecule has 0 bridgehead atoms. The molecule has 2 amide bonds. The molecule has 0 radical (unpaired) electrons. The van der Waals surface area contributed by atoms with Gasteiger partial charge in [-0.25, -0.2) is 4.79 Å². The molecule has 1 aliphatic heterocycles. The van der Waals surface area contributed by atoms with Gasteiger partial charge in [-0.3, -0.25) is 4.90 Å². The quantitative estimate of drug-likeness (QED) is 0.671. The van der Waals surface area contributed by atoms with Crippen molar-refractivity contribution in [2.45, 2.75) is 12.0 Å². The summed E-state index contributed by atoms with van der Waals surface area (Å²) in [6.07, 6.45) is 1.65. The number of urea groups is 1. The Hall–Kier alpha value is -1.73. The number of azo groups is 1. The van der Waals surface area contributed by atoms with Gasteiger partial charge < -0.3 is 5.32 Å². The van der Waals surface area contributed by atoms with Crippen molar-refractivity contribution in [1.82, 2.24) is 10.2 Å². The Balaban J connectivity index is 1.95. The van der Waals surface area contributed by atoms with Gasteiger partial charge in [0.15, 0.2) is 9.82 Å². The lowest BCUT2D eigenvalue weighted by molar-refractivity contribution is 0.199. The van der Waals surface area contributed by atoms with E-state index in [-0.39, 0.29) is 6.03 Å². The number of hydrogen-bond donors (Lipinski definition) is 1. The minimum Gasteiger partial charge on any atom is -0.334 e.